The summed E-state index contributed by atoms with van der Waals surface area (Å²) in [5, 5.41) is 0. The third-order valence-corrected chi connectivity index (χ3v) is 4.56. The molecule has 0 aromatic carbocycles. The van der Waals surface area contributed by atoms with Gasteiger partial charge in [-0.3, -0.25) is 9.78 Å². The van der Waals surface area contributed by atoms with Gasteiger partial charge in [-0.15, -0.1) is 0 Å². The van der Waals surface area contributed by atoms with Crippen LogP contribution in [0.4, 0.5) is 4.79 Å². The van der Waals surface area contributed by atoms with Crippen LogP contribution in [-0.4, -0.2) is 69.0 Å². The first-order valence-electron chi connectivity index (χ1n) is 8.02. The summed E-state index contributed by atoms with van der Waals surface area (Å²) in [5.74, 6) is 0.370. The summed E-state index contributed by atoms with van der Waals surface area (Å²) < 4.78 is 5.47. The van der Waals surface area contributed by atoms with Gasteiger partial charge in [0.1, 0.15) is 0 Å². The molecule has 0 bridgehead atoms. The predicted octanol–water partition coefficient (Wildman–Crippen LogP) is 1.21. The Kier molecular flexibility index (Phi) is 3.60. The molecule has 1 unspecified atom stereocenters. The maximum Gasteiger partial charge on any atom is 0.410 e. The van der Waals surface area contributed by atoms with Crippen molar-refractivity contribution >= 4 is 12.0 Å². The summed E-state index contributed by atoms with van der Waals surface area (Å²) in [6.45, 7) is 1.45. The number of carbonyl (C=O) groups is 2. The molecule has 2 aliphatic rings. The Balaban J connectivity index is 1.48. The summed E-state index contributed by atoms with van der Waals surface area (Å²) >= 11 is 0. The van der Waals surface area contributed by atoms with Gasteiger partial charge in [0.05, 0.1) is 18.7 Å². The number of rotatable bonds is 2. The third kappa shape index (κ3) is 2.79. The Hall–Kier alpha value is -3.03. The maximum absolute atomic E-state index is 12.7. The molecule has 128 valence electrons. The Bertz CT molecular complexity index is 811. The number of hydrogen-bond donors (Lipinski definition) is 0. The number of amides is 2. The van der Waals surface area contributed by atoms with Crippen molar-refractivity contribution in [2.45, 2.75) is 12.0 Å². The molecule has 8 heteroatoms. The molecule has 2 aromatic rings. The van der Waals surface area contributed by atoms with E-state index in [0.29, 0.717) is 37.4 Å². The van der Waals surface area contributed by atoms with Gasteiger partial charge in [-0.1, -0.05) is 0 Å². The maximum atomic E-state index is 12.7. The number of likely N-dealkylation sites (N-methyl/N-ethyl adjacent to an activating group) is 1. The quantitative estimate of drug-likeness (QED) is 0.817. The molecule has 0 N–H and O–H groups in total. The Morgan fingerprint density at radius 2 is 2.04 bits per heavy atom. The minimum Gasteiger partial charge on any atom is -0.439 e. The zero-order valence-electron chi connectivity index (χ0n) is 13.8. The molecule has 2 aliphatic heterocycles. The van der Waals surface area contributed by atoms with Gasteiger partial charge in [0, 0.05) is 50.4 Å². The highest BCUT2D eigenvalue weighted by Gasteiger charge is 2.49. The average Bonchev–Trinajstić information content (AvgIpc) is 3.17. The number of ether oxygens (including phenoxy) is 1. The molecule has 0 aliphatic carbocycles. The van der Waals surface area contributed by atoms with Crippen LogP contribution in [-0.2, 0) is 4.74 Å². The van der Waals surface area contributed by atoms with Gasteiger partial charge in [-0.25, -0.2) is 14.8 Å². The normalized spacial score (nSPS) is 22.5. The minimum absolute atomic E-state index is 0.153. The van der Waals surface area contributed by atoms with Crippen molar-refractivity contribution < 1.29 is 14.3 Å². The second-order valence-corrected chi connectivity index (χ2v) is 6.42. The average molecular weight is 339 g/mol. The van der Waals surface area contributed by atoms with E-state index in [4.69, 9.17) is 4.74 Å². The van der Waals surface area contributed by atoms with Crippen LogP contribution in [0.25, 0.3) is 11.4 Å². The van der Waals surface area contributed by atoms with E-state index in [0.717, 1.165) is 5.56 Å². The fraction of sp³-hybridized carbons (Fsp3) is 0.353. The molecular weight excluding hydrogens is 322 g/mol. The topological polar surface area (TPSA) is 88.5 Å². The highest BCUT2D eigenvalue weighted by Crippen LogP contribution is 2.32. The van der Waals surface area contributed by atoms with E-state index in [2.05, 4.69) is 15.0 Å². The number of hydrogen-bond acceptors (Lipinski definition) is 6. The standard InChI is InChI=1S/C17H17N5O3/c1-21-10-17(25-16(21)24)4-6-22(11-17)15(23)13-8-19-14(20-9-13)12-3-2-5-18-7-12/h2-3,5,7-9H,4,6,10-11H2,1H3. The fourth-order valence-corrected chi connectivity index (χ4v) is 3.29. The van der Waals surface area contributed by atoms with Crippen LogP contribution in [0, 0.1) is 0 Å². The van der Waals surface area contributed by atoms with E-state index in [-0.39, 0.29) is 12.0 Å². The number of pyridine rings is 1. The van der Waals surface area contributed by atoms with E-state index in [9.17, 15) is 9.59 Å². The lowest BCUT2D eigenvalue weighted by atomic mass is 10.0. The molecule has 2 fully saturated rings. The number of aromatic nitrogens is 3. The van der Waals surface area contributed by atoms with Crippen molar-refractivity contribution in [3.8, 4) is 11.4 Å². The first-order chi connectivity index (χ1) is 12.1. The van der Waals surface area contributed by atoms with Crippen LogP contribution in [0.2, 0.25) is 0 Å². The Labute approximate surface area is 144 Å². The zero-order chi connectivity index (χ0) is 17.4. The van der Waals surface area contributed by atoms with Crippen molar-refractivity contribution in [3.05, 3.63) is 42.5 Å². The second-order valence-electron chi connectivity index (χ2n) is 6.42. The van der Waals surface area contributed by atoms with Gasteiger partial charge in [0.2, 0.25) is 0 Å². The smallest absolute Gasteiger partial charge is 0.410 e. The first-order valence-corrected chi connectivity index (χ1v) is 8.02. The van der Waals surface area contributed by atoms with E-state index < -0.39 is 5.60 Å². The van der Waals surface area contributed by atoms with Crippen LogP contribution < -0.4 is 0 Å². The van der Waals surface area contributed by atoms with E-state index in [1.807, 2.05) is 6.07 Å². The van der Waals surface area contributed by atoms with E-state index in [1.54, 1.807) is 35.3 Å². The van der Waals surface area contributed by atoms with Gasteiger partial charge < -0.3 is 14.5 Å². The lowest BCUT2D eigenvalue weighted by molar-refractivity contribution is 0.0552. The largest absolute Gasteiger partial charge is 0.439 e. The monoisotopic (exact) mass is 339 g/mol. The third-order valence-electron chi connectivity index (χ3n) is 4.56. The molecular formula is C17H17N5O3. The molecule has 4 heterocycles. The number of likely N-dealkylation sites (tertiary alicyclic amines) is 1. The molecule has 0 saturated carbocycles. The molecule has 4 rings (SSSR count). The summed E-state index contributed by atoms with van der Waals surface area (Å²) in [6.07, 6.45) is 6.71. The molecule has 0 radical (unpaired) electrons. The van der Waals surface area contributed by atoms with Gasteiger partial charge in [0.25, 0.3) is 5.91 Å². The molecule has 1 spiro atoms. The minimum atomic E-state index is -0.585. The molecule has 8 nitrogen and oxygen atoms in total. The van der Waals surface area contributed by atoms with Crippen LogP contribution >= 0.6 is 0 Å². The summed E-state index contributed by atoms with van der Waals surface area (Å²) in [4.78, 5) is 40.1. The van der Waals surface area contributed by atoms with Crippen molar-refractivity contribution in [2.75, 3.05) is 26.7 Å². The van der Waals surface area contributed by atoms with Crippen LogP contribution in [0.15, 0.2) is 36.9 Å². The van der Waals surface area contributed by atoms with Crippen molar-refractivity contribution in [1.82, 2.24) is 24.8 Å². The van der Waals surface area contributed by atoms with Crippen molar-refractivity contribution in [1.29, 1.82) is 0 Å². The SMILES string of the molecule is CN1CC2(CCN(C(=O)c3cnc(-c4cccnc4)nc3)C2)OC1=O. The van der Waals surface area contributed by atoms with Gasteiger partial charge >= 0.3 is 6.09 Å². The molecule has 2 saturated heterocycles. The highest BCUT2D eigenvalue weighted by atomic mass is 16.6. The molecule has 25 heavy (non-hydrogen) atoms. The predicted molar refractivity (Wildman–Crippen MR) is 87.6 cm³/mol. The van der Waals surface area contributed by atoms with Crippen LogP contribution in [0.1, 0.15) is 16.8 Å². The molecule has 2 amide bonds. The summed E-state index contributed by atoms with van der Waals surface area (Å²) in [5.41, 5.74) is 0.628. The Morgan fingerprint density at radius 1 is 1.24 bits per heavy atom. The molecule has 1 atom stereocenters. The van der Waals surface area contributed by atoms with Gasteiger partial charge in [0.15, 0.2) is 11.4 Å². The zero-order valence-corrected chi connectivity index (χ0v) is 13.8. The highest BCUT2D eigenvalue weighted by molar-refractivity contribution is 5.94. The van der Waals surface area contributed by atoms with Gasteiger partial charge in [-0.05, 0) is 12.1 Å². The van der Waals surface area contributed by atoms with Crippen LogP contribution in [0.3, 0.4) is 0 Å². The lowest BCUT2D eigenvalue weighted by Gasteiger charge is -2.21. The second kappa shape index (κ2) is 5.80. The number of nitrogens with zero attached hydrogens (tertiary/aromatic N) is 5. The van der Waals surface area contributed by atoms with Gasteiger partial charge in [-0.2, -0.15) is 0 Å². The van der Waals surface area contributed by atoms with E-state index in [1.165, 1.54) is 12.4 Å². The summed E-state index contributed by atoms with van der Waals surface area (Å²) in [7, 11) is 1.70. The summed E-state index contributed by atoms with van der Waals surface area (Å²) in [6, 6.07) is 3.67. The molecule has 2 aromatic heterocycles. The first kappa shape index (κ1) is 15.5. The van der Waals surface area contributed by atoms with Crippen LogP contribution in [0.5, 0.6) is 0 Å². The van der Waals surface area contributed by atoms with Crippen molar-refractivity contribution in [3.63, 3.8) is 0 Å². The Morgan fingerprint density at radius 3 is 2.68 bits per heavy atom. The number of carbonyl (C=O) groups excluding carboxylic acids is 2. The van der Waals surface area contributed by atoms with Crippen molar-refractivity contribution in [2.24, 2.45) is 0 Å². The fourth-order valence-electron chi connectivity index (χ4n) is 3.29. The van der Waals surface area contributed by atoms with E-state index >= 15 is 0 Å². The lowest BCUT2D eigenvalue weighted by Crippen LogP contribution is -2.39.